The van der Waals surface area contributed by atoms with Crippen LogP contribution in [0, 0.1) is 11.8 Å². The van der Waals surface area contributed by atoms with Crippen molar-refractivity contribution < 1.29 is 0 Å². The topological polar surface area (TPSA) is 30.7 Å². The lowest BCUT2D eigenvalue weighted by Gasteiger charge is -2.02. The van der Waals surface area contributed by atoms with Crippen molar-refractivity contribution in [3.05, 3.63) is 35.8 Å². The number of aryl methyl sites for hydroxylation is 1. The number of pyridine rings is 1. The third-order valence-electron chi connectivity index (χ3n) is 2.75. The fraction of sp³-hybridized carbons (Fsp3) is 0.231. The molecule has 0 spiro atoms. The smallest absolute Gasteiger partial charge is 0.159 e. The predicted molar refractivity (Wildman–Crippen MR) is 61.6 cm³/mol. The number of hydrogen-bond acceptors (Lipinski definition) is 2. The highest BCUT2D eigenvalue weighted by atomic mass is 15.1. The largest absolute Gasteiger partial charge is 0.319 e. The Hall–Kier alpha value is -2.08. The summed E-state index contributed by atoms with van der Waals surface area (Å²) in [6.07, 6.45) is 3.64. The lowest BCUT2D eigenvalue weighted by molar-refractivity contribution is 0.890. The van der Waals surface area contributed by atoms with E-state index in [0.717, 1.165) is 35.7 Å². The Morgan fingerprint density at radius 2 is 2.31 bits per heavy atom. The van der Waals surface area contributed by atoms with Gasteiger partial charge in [-0.3, -0.25) is 4.98 Å². The summed E-state index contributed by atoms with van der Waals surface area (Å²) in [6.45, 7) is 0. The maximum absolute atomic E-state index is 4.62. The van der Waals surface area contributed by atoms with Gasteiger partial charge in [-0.1, -0.05) is 12.0 Å². The van der Waals surface area contributed by atoms with Crippen LogP contribution in [0.4, 0.5) is 0 Å². The normalized spacial score (nSPS) is 12.8. The highest BCUT2D eigenvalue weighted by Crippen LogP contribution is 2.21. The highest BCUT2D eigenvalue weighted by molar-refractivity contribution is 5.54. The SMILES string of the molecule is Cn1c(-c2ccccn2)nc2c1C#CCC2. The number of nitrogens with zero attached hydrogens (tertiary/aromatic N) is 3. The summed E-state index contributed by atoms with van der Waals surface area (Å²) in [5.74, 6) is 7.16. The molecule has 1 aliphatic carbocycles. The summed E-state index contributed by atoms with van der Waals surface area (Å²) in [6, 6.07) is 5.86. The first kappa shape index (κ1) is 9.17. The van der Waals surface area contributed by atoms with Crippen molar-refractivity contribution in [3.63, 3.8) is 0 Å². The zero-order valence-corrected chi connectivity index (χ0v) is 9.07. The van der Waals surface area contributed by atoms with Gasteiger partial charge in [-0.15, -0.1) is 0 Å². The molecule has 16 heavy (non-hydrogen) atoms. The fourth-order valence-corrected chi connectivity index (χ4v) is 1.94. The van der Waals surface area contributed by atoms with Crippen LogP contribution in [0.2, 0.25) is 0 Å². The minimum absolute atomic E-state index is 0.904. The first-order chi connectivity index (χ1) is 7.86. The van der Waals surface area contributed by atoms with Crippen LogP contribution in [0.3, 0.4) is 0 Å². The third-order valence-corrected chi connectivity index (χ3v) is 2.75. The van der Waals surface area contributed by atoms with Crippen molar-refractivity contribution in [2.24, 2.45) is 7.05 Å². The first-order valence-corrected chi connectivity index (χ1v) is 5.32. The Balaban J connectivity index is 2.18. The van der Waals surface area contributed by atoms with Crippen LogP contribution in [0.15, 0.2) is 24.4 Å². The predicted octanol–water partition coefficient (Wildman–Crippen LogP) is 1.78. The average molecular weight is 209 g/mol. The molecule has 78 valence electrons. The molecule has 3 rings (SSSR count). The van der Waals surface area contributed by atoms with Gasteiger partial charge in [0, 0.05) is 26.1 Å². The van der Waals surface area contributed by atoms with Gasteiger partial charge in [-0.25, -0.2) is 4.98 Å². The highest BCUT2D eigenvalue weighted by Gasteiger charge is 2.16. The van der Waals surface area contributed by atoms with Crippen LogP contribution in [0.25, 0.3) is 11.5 Å². The molecule has 0 amide bonds. The van der Waals surface area contributed by atoms with E-state index in [1.165, 1.54) is 0 Å². The van der Waals surface area contributed by atoms with Gasteiger partial charge < -0.3 is 4.57 Å². The van der Waals surface area contributed by atoms with E-state index in [0.29, 0.717) is 0 Å². The second-order valence-corrected chi connectivity index (χ2v) is 3.81. The van der Waals surface area contributed by atoms with Gasteiger partial charge in [-0.2, -0.15) is 0 Å². The third kappa shape index (κ3) is 1.31. The molecule has 2 heterocycles. The monoisotopic (exact) mass is 209 g/mol. The standard InChI is InChI=1S/C13H11N3/c1-16-12-8-3-2-6-10(12)15-13(16)11-7-4-5-9-14-11/h4-5,7,9H,2,6H2,1H3. The molecular formula is C13H11N3. The second-order valence-electron chi connectivity index (χ2n) is 3.81. The first-order valence-electron chi connectivity index (χ1n) is 5.32. The van der Waals surface area contributed by atoms with E-state index < -0.39 is 0 Å². The van der Waals surface area contributed by atoms with E-state index >= 15 is 0 Å². The van der Waals surface area contributed by atoms with Crippen LogP contribution >= 0.6 is 0 Å². The van der Waals surface area contributed by atoms with E-state index in [4.69, 9.17) is 0 Å². The molecule has 0 atom stereocenters. The number of fused-ring (bicyclic) bond motifs is 1. The van der Waals surface area contributed by atoms with Crippen molar-refractivity contribution in [2.45, 2.75) is 12.8 Å². The molecule has 1 aliphatic rings. The molecule has 0 saturated heterocycles. The van der Waals surface area contributed by atoms with E-state index in [1.807, 2.05) is 29.8 Å². The minimum atomic E-state index is 0.904. The maximum Gasteiger partial charge on any atom is 0.159 e. The molecule has 0 N–H and O–H groups in total. The second kappa shape index (κ2) is 3.49. The lowest BCUT2D eigenvalue weighted by Crippen LogP contribution is -1.99. The Morgan fingerprint density at radius 3 is 3.06 bits per heavy atom. The molecule has 0 aromatic carbocycles. The van der Waals surface area contributed by atoms with Crippen LogP contribution in [-0.2, 0) is 13.5 Å². The molecular weight excluding hydrogens is 198 g/mol. The number of hydrogen-bond donors (Lipinski definition) is 0. The summed E-state index contributed by atoms with van der Waals surface area (Å²) >= 11 is 0. The Kier molecular flexibility index (Phi) is 2.00. The van der Waals surface area contributed by atoms with Crippen molar-refractivity contribution in [2.75, 3.05) is 0 Å². The van der Waals surface area contributed by atoms with Gasteiger partial charge >= 0.3 is 0 Å². The average Bonchev–Trinajstić information content (AvgIpc) is 2.69. The van der Waals surface area contributed by atoms with E-state index in [1.54, 1.807) is 6.20 Å². The molecule has 0 aliphatic heterocycles. The van der Waals surface area contributed by atoms with Crippen LogP contribution in [0.1, 0.15) is 17.8 Å². The Labute approximate surface area is 94.2 Å². The minimum Gasteiger partial charge on any atom is -0.319 e. The number of imidazole rings is 1. The molecule has 2 aromatic heterocycles. The van der Waals surface area contributed by atoms with Crippen molar-refractivity contribution in [3.8, 4) is 23.4 Å². The Bertz CT molecular complexity index is 585. The van der Waals surface area contributed by atoms with Gasteiger partial charge in [0.2, 0.25) is 0 Å². The summed E-state index contributed by atoms with van der Waals surface area (Å²) in [5, 5.41) is 0. The summed E-state index contributed by atoms with van der Waals surface area (Å²) in [5.41, 5.74) is 3.04. The lowest BCUT2D eigenvalue weighted by atomic mass is 10.1. The number of rotatable bonds is 1. The zero-order chi connectivity index (χ0) is 11.0. The number of aromatic nitrogens is 3. The van der Waals surface area contributed by atoms with Crippen LogP contribution in [0.5, 0.6) is 0 Å². The molecule has 0 unspecified atom stereocenters. The molecule has 0 fully saturated rings. The van der Waals surface area contributed by atoms with Gasteiger partial charge in [0.1, 0.15) is 11.4 Å². The molecule has 0 radical (unpaired) electrons. The quantitative estimate of drug-likeness (QED) is 0.670. The van der Waals surface area contributed by atoms with Gasteiger partial charge in [0.05, 0.1) is 5.69 Å². The van der Waals surface area contributed by atoms with E-state index in [2.05, 4.69) is 21.8 Å². The van der Waals surface area contributed by atoms with Gasteiger partial charge in [-0.05, 0) is 18.1 Å². The van der Waals surface area contributed by atoms with Crippen molar-refractivity contribution >= 4 is 0 Å². The summed E-state index contributed by atoms with van der Waals surface area (Å²) in [7, 11) is 2.00. The van der Waals surface area contributed by atoms with Gasteiger partial charge in [0.15, 0.2) is 5.82 Å². The zero-order valence-electron chi connectivity index (χ0n) is 9.07. The van der Waals surface area contributed by atoms with Crippen molar-refractivity contribution in [1.82, 2.24) is 14.5 Å². The van der Waals surface area contributed by atoms with Crippen molar-refractivity contribution in [1.29, 1.82) is 0 Å². The Morgan fingerprint density at radius 1 is 1.38 bits per heavy atom. The van der Waals surface area contributed by atoms with Crippen LogP contribution in [-0.4, -0.2) is 14.5 Å². The molecule has 0 saturated carbocycles. The molecule has 3 heteroatoms. The summed E-state index contributed by atoms with van der Waals surface area (Å²) < 4.78 is 2.03. The van der Waals surface area contributed by atoms with E-state index in [9.17, 15) is 0 Å². The molecule has 2 aromatic rings. The maximum atomic E-state index is 4.62. The molecule has 0 bridgehead atoms. The van der Waals surface area contributed by atoms with Crippen LogP contribution < -0.4 is 0 Å². The molecule has 3 nitrogen and oxygen atoms in total. The summed E-state index contributed by atoms with van der Waals surface area (Å²) in [4.78, 5) is 8.94. The van der Waals surface area contributed by atoms with E-state index in [-0.39, 0.29) is 0 Å². The fourth-order valence-electron chi connectivity index (χ4n) is 1.94. The van der Waals surface area contributed by atoms with Gasteiger partial charge in [0.25, 0.3) is 0 Å².